The molecule has 2 aromatic heterocycles. The summed E-state index contributed by atoms with van der Waals surface area (Å²) in [5.74, 6) is 0. The summed E-state index contributed by atoms with van der Waals surface area (Å²) in [7, 11) is 0. The Morgan fingerprint density at radius 2 is 2.33 bits per heavy atom. The average molecular weight is 198 g/mol. The van der Waals surface area contributed by atoms with E-state index >= 15 is 0 Å². The van der Waals surface area contributed by atoms with Gasteiger partial charge in [0.2, 0.25) is 0 Å². The zero-order valence-electron chi connectivity index (χ0n) is 5.95. The molecular formula is C8H4ClNOS. The molecule has 0 aromatic carbocycles. The highest BCUT2D eigenvalue weighted by molar-refractivity contribution is 7.20. The van der Waals surface area contributed by atoms with E-state index in [1.54, 1.807) is 18.3 Å². The maximum Gasteiger partial charge on any atom is 0.160 e. The molecule has 0 aliphatic rings. The van der Waals surface area contributed by atoms with Crippen molar-refractivity contribution in [1.29, 1.82) is 0 Å². The first kappa shape index (κ1) is 7.71. The molecule has 0 saturated heterocycles. The molecule has 0 aliphatic carbocycles. The number of aromatic nitrogens is 1. The van der Waals surface area contributed by atoms with E-state index in [1.165, 1.54) is 11.3 Å². The zero-order valence-corrected chi connectivity index (χ0v) is 7.52. The minimum atomic E-state index is 0.595. The highest BCUT2D eigenvalue weighted by Gasteiger charge is 2.01. The Hall–Kier alpha value is -0.930. The number of rotatable bonds is 1. The first-order valence-corrected chi connectivity index (χ1v) is 4.49. The number of carbonyl (C=O) groups is 1. The lowest BCUT2D eigenvalue weighted by Crippen LogP contribution is -1.69. The molecule has 0 spiro atoms. The minimum Gasteiger partial charge on any atom is -0.297 e. The maximum absolute atomic E-state index is 10.4. The summed E-state index contributed by atoms with van der Waals surface area (Å²) in [6.45, 7) is 0. The number of hydrogen-bond acceptors (Lipinski definition) is 3. The van der Waals surface area contributed by atoms with Crippen LogP contribution in [0.25, 0.3) is 10.2 Å². The molecule has 2 nitrogen and oxygen atoms in total. The second-order valence-electron chi connectivity index (χ2n) is 2.31. The third-order valence-electron chi connectivity index (χ3n) is 1.47. The molecule has 0 unspecified atom stereocenters. The third-order valence-corrected chi connectivity index (χ3v) is 2.66. The Bertz CT molecular complexity index is 438. The molecule has 2 heterocycles. The molecule has 0 bridgehead atoms. The first-order chi connectivity index (χ1) is 5.79. The van der Waals surface area contributed by atoms with E-state index in [9.17, 15) is 4.79 Å². The standard InChI is InChI=1S/C8H4ClNOS/c9-6-1-5-2-7(4-11)12-8(5)10-3-6/h1-4H. The molecule has 0 aliphatic heterocycles. The van der Waals surface area contributed by atoms with Crippen molar-refractivity contribution in [2.45, 2.75) is 0 Å². The Kier molecular flexibility index (Phi) is 1.83. The van der Waals surface area contributed by atoms with Crippen LogP contribution in [-0.2, 0) is 0 Å². The van der Waals surface area contributed by atoms with Crippen LogP contribution >= 0.6 is 22.9 Å². The number of hydrogen-bond donors (Lipinski definition) is 0. The molecule has 60 valence electrons. The third kappa shape index (κ3) is 1.21. The number of carbonyl (C=O) groups excluding carboxylic acids is 1. The van der Waals surface area contributed by atoms with Gasteiger partial charge in [-0.3, -0.25) is 4.79 Å². The van der Waals surface area contributed by atoms with Gasteiger partial charge in [0.05, 0.1) is 9.90 Å². The van der Waals surface area contributed by atoms with Crippen molar-refractivity contribution in [2.75, 3.05) is 0 Å². The molecule has 0 fully saturated rings. The fourth-order valence-corrected chi connectivity index (χ4v) is 1.95. The van der Waals surface area contributed by atoms with E-state index in [0.29, 0.717) is 9.90 Å². The summed E-state index contributed by atoms with van der Waals surface area (Å²) in [4.78, 5) is 16.0. The number of aldehydes is 1. The smallest absolute Gasteiger partial charge is 0.160 e. The lowest BCUT2D eigenvalue weighted by atomic mass is 10.3. The molecule has 0 N–H and O–H groups in total. The van der Waals surface area contributed by atoms with Gasteiger partial charge in [-0.1, -0.05) is 11.6 Å². The van der Waals surface area contributed by atoms with Crippen LogP contribution in [-0.4, -0.2) is 11.3 Å². The number of nitrogens with zero attached hydrogens (tertiary/aromatic N) is 1. The van der Waals surface area contributed by atoms with Gasteiger partial charge in [-0.2, -0.15) is 0 Å². The second-order valence-corrected chi connectivity index (χ2v) is 3.81. The summed E-state index contributed by atoms with van der Waals surface area (Å²) in [5.41, 5.74) is 0. The summed E-state index contributed by atoms with van der Waals surface area (Å²) >= 11 is 7.09. The maximum atomic E-state index is 10.4. The fraction of sp³-hybridized carbons (Fsp3) is 0. The highest BCUT2D eigenvalue weighted by Crippen LogP contribution is 2.24. The number of pyridine rings is 1. The van der Waals surface area contributed by atoms with Gasteiger partial charge in [-0.15, -0.1) is 11.3 Å². The summed E-state index contributed by atoms with van der Waals surface area (Å²) in [6.07, 6.45) is 2.40. The predicted molar refractivity (Wildman–Crippen MR) is 50.0 cm³/mol. The van der Waals surface area contributed by atoms with Gasteiger partial charge in [0, 0.05) is 11.6 Å². The predicted octanol–water partition coefficient (Wildman–Crippen LogP) is 2.76. The topological polar surface area (TPSA) is 30.0 Å². The van der Waals surface area contributed by atoms with E-state index in [2.05, 4.69) is 4.98 Å². The average Bonchev–Trinajstić information content (AvgIpc) is 2.46. The number of thiophene rings is 1. The Morgan fingerprint density at radius 1 is 1.50 bits per heavy atom. The van der Waals surface area contributed by atoms with Crippen molar-refractivity contribution < 1.29 is 4.79 Å². The van der Waals surface area contributed by atoms with E-state index < -0.39 is 0 Å². The Labute approximate surface area is 77.8 Å². The largest absolute Gasteiger partial charge is 0.297 e. The van der Waals surface area contributed by atoms with Crippen molar-refractivity contribution in [3.05, 3.63) is 28.2 Å². The summed E-state index contributed by atoms with van der Waals surface area (Å²) < 4.78 is 0. The van der Waals surface area contributed by atoms with Gasteiger partial charge in [-0.05, 0) is 12.1 Å². The van der Waals surface area contributed by atoms with Crippen LogP contribution in [0.15, 0.2) is 18.3 Å². The van der Waals surface area contributed by atoms with Gasteiger partial charge in [0.15, 0.2) is 6.29 Å². The zero-order chi connectivity index (χ0) is 8.55. The van der Waals surface area contributed by atoms with E-state index in [4.69, 9.17) is 11.6 Å². The van der Waals surface area contributed by atoms with Crippen LogP contribution in [0, 0.1) is 0 Å². The molecule has 0 radical (unpaired) electrons. The van der Waals surface area contributed by atoms with Crippen LogP contribution in [0.5, 0.6) is 0 Å². The Morgan fingerprint density at radius 3 is 3.08 bits per heavy atom. The monoisotopic (exact) mass is 197 g/mol. The van der Waals surface area contributed by atoms with Crippen LogP contribution in [0.4, 0.5) is 0 Å². The normalized spacial score (nSPS) is 10.4. The number of fused-ring (bicyclic) bond motifs is 1. The van der Waals surface area contributed by atoms with E-state index in [0.717, 1.165) is 16.5 Å². The molecule has 12 heavy (non-hydrogen) atoms. The highest BCUT2D eigenvalue weighted by atomic mass is 35.5. The van der Waals surface area contributed by atoms with Crippen LogP contribution in [0.3, 0.4) is 0 Å². The SMILES string of the molecule is O=Cc1cc2cc(Cl)cnc2s1. The van der Waals surface area contributed by atoms with Gasteiger partial charge >= 0.3 is 0 Å². The van der Waals surface area contributed by atoms with Crippen LogP contribution in [0.1, 0.15) is 9.67 Å². The van der Waals surface area contributed by atoms with Gasteiger partial charge < -0.3 is 0 Å². The van der Waals surface area contributed by atoms with Gasteiger partial charge in [-0.25, -0.2) is 4.98 Å². The molecule has 0 saturated carbocycles. The van der Waals surface area contributed by atoms with Crippen molar-refractivity contribution in [3.63, 3.8) is 0 Å². The quantitative estimate of drug-likeness (QED) is 0.658. The molecular weight excluding hydrogens is 194 g/mol. The molecule has 2 rings (SSSR count). The van der Waals surface area contributed by atoms with E-state index in [1.807, 2.05) is 0 Å². The lowest BCUT2D eigenvalue weighted by molar-refractivity contribution is 0.112. The minimum absolute atomic E-state index is 0.595. The lowest BCUT2D eigenvalue weighted by Gasteiger charge is -1.87. The van der Waals surface area contributed by atoms with Crippen molar-refractivity contribution in [3.8, 4) is 0 Å². The van der Waals surface area contributed by atoms with Crippen molar-refractivity contribution >= 4 is 39.4 Å². The second kappa shape index (κ2) is 2.84. The van der Waals surface area contributed by atoms with Gasteiger partial charge in [0.1, 0.15) is 4.83 Å². The van der Waals surface area contributed by atoms with Crippen LogP contribution in [0.2, 0.25) is 5.02 Å². The number of halogens is 1. The first-order valence-electron chi connectivity index (χ1n) is 3.30. The Balaban J connectivity index is 2.75. The molecule has 2 aromatic rings. The van der Waals surface area contributed by atoms with Crippen molar-refractivity contribution in [1.82, 2.24) is 4.98 Å². The van der Waals surface area contributed by atoms with Crippen LogP contribution < -0.4 is 0 Å². The van der Waals surface area contributed by atoms with Gasteiger partial charge in [0.25, 0.3) is 0 Å². The summed E-state index contributed by atoms with van der Waals surface area (Å²) in [6, 6.07) is 3.58. The molecule has 0 atom stereocenters. The summed E-state index contributed by atoms with van der Waals surface area (Å²) in [5, 5.41) is 1.52. The molecule has 4 heteroatoms. The van der Waals surface area contributed by atoms with E-state index in [-0.39, 0.29) is 0 Å². The molecule has 0 amide bonds. The van der Waals surface area contributed by atoms with Crippen molar-refractivity contribution in [2.24, 2.45) is 0 Å². The fourth-order valence-electron chi connectivity index (χ4n) is 0.984.